The molecule has 0 amide bonds. The third kappa shape index (κ3) is 1.26. The van der Waals surface area contributed by atoms with Gasteiger partial charge in [-0.3, -0.25) is 4.79 Å². The smallest absolute Gasteiger partial charge is 0.309 e. The number of aliphatic carboxylic acids is 1. The molecule has 2 rings (SSSR count). The van der Waals surface area contributed by atoms with Gasteiger partial charge in [0.15, 0.2) is 0 Å². The average molecular weight is 177 g/mol. The molecule has 11 heavy (non-hydrogen) atoms. The lowest BCUT2D eigenvalue weighted by molar-refractivity contribution is -0.142. The van der Waals surface area contributed by atoms with Crippen LogP contribution in [0, 0.1) is 5.92 Å². The zero-order valence-electron chi connectivity index (χ0n) is 5.77. The van der Waals surface area contributed by atoms with Crippen molar-refractivity contribution in [2.75, 3.05) is 0 Å². The third-order valence-corrected chi connectivity index (χ3v) is 2.05. The number of rotatable bonds is 1. The lowest BCUT2D eigenvalue weighted by Crippen LogP contribution is -2.22. The summed E-state index contributed by atoms with van der Waals surface area (Å²) in [5, 5.41) is 8.62. The van der Waals surface area contributed by atoms with Gasteiger partial charge in [-0.1, -0.05) is 12.2 Å². The highest BCUT2D eigenvalue weighted by atomic mass is 35.5. The van der Waals surface area contributed by atoms with Crippen molar-refractivity contribution in [3.8, 4) is 0 Å². The third-order valence-electron chi connectivity index (χ3n) is 2.05. The molecule has 3 unspecified atom stereocenters. The molecule has 3 atom stereocenters. The minimum atomic E-state index is -0.739. The summed E-state index contributed by atoms with van der Waals surface area (Å²) in [5.74, 6) is -1.04. The first-order valence-electron chi connectivity index (χ1n) is 3.34. The Morgan fingerprint density at radius 3 is 2.55 bits per heavy atom. The summed E-state index contributed by atoms with van der Waals surface area (Å²) in [6, 6.07) is 0. The maximum Gasteiger partial charge on any atom is 0.309 e. The topological polar surface area (TPSA) is 46.5 Å². The monoisotopic (exact) mass is 176 g/mol. The molecule has 3 nitrogen and oxygen atoms in total. The van der Waals surface area contributed by atoms with Crippen molar-refractivity contribution >= 4 is 18.4 Å². The summed E-state index contributed by atoms with van der Waals surface area (Å²) in [5.41, 5.74) is 0. The molecule has 2 aliphatic heterocycles. The van der Waals surface area contributed by atoms with Gasteiger partial charge in [0.1, 0.15) is 0 Å². The van der Waals surface area contributed by atoms with Gasteiger partial charge in [-0.05, 0) is 6.42 Å². The standard InChI is InChI=1S/C7H8O3.ClH/c8-7(9)5-3-4-1-2-6(5)10-4;/h1-2,4-6H,3H2,(H,8,9);1H. The van der Waals surface area contributed by atoms with Crippen LogP contribution in [0.15, 0.2) is 12.2 Å². The van der Waals surface area contributed by atoms with E-state index in [1.54, 1.807) is 0 Å². The molecule has 0 aromatic heterocycles. The van der Waals surface area contributed by atoms with Crippen LogP contribution in [0.3, 0.4) is 0 Å². The fourth-order valence-corrected chi connectivity index (χ4v) is 1.51. The summed E-state index contributed by atoms with van der Waals surface area (Å²) < 4.78 is 5.25. The van der Waals surface area contributed by atoms with Crippen LogP contribution in [0.4, 0.5) is 0 Å². The number of halogens is 1. The predicted octanol–water partition coefficient (Wildman–Crippen LogP) is 0.836. The van der Waals surface area contributed by atoms with E-state index in [1.807, 2.05) is 12.2 Å². The van der Waals surface area contributed by atoms with Crippen LogP contribution in [0.5, 0.6) is 0 Å². The Bertz CT molecular complexity index is 202. The maximum atomic E-state index is 10.5. The van der Waals surface area contributed by atoms with E-state index in [2.05, 4.69) is 0 Å². The first-order valence-corrected chi connectivity index (χ1v) is 3.34. The Balaban J connectivity index is 0.000000605. The van der Waals surface area contributed by atoms with Gasteiger partial charge >= 0.3 is 5.97 Å². The van der Waals surface area contributed by atoms with E-state index in [9.17, 15) is 4.79 Å². The van der Waals surface area contributed by atoms with E-state index in [4.69, 9.17) is 9.84 Å². The van der Waals surface area contributed by atoms with Gasteiger partial charge < -0.3 is 9.84 Å². The van der Waals surface area contributed by atoms with E-state index in [0.717, 1.165) is 0 Å². The molecule has 1 N–H and O–H groups in total. The zero-order valence-corrected chi connectivity index (χ0v) is 6.58. The van der Waals surface area contributed by atoms with Crippen LogP contribution in [0.2, 0.25) is 0 Å². The van der Waals surface area contributed by atoms with Crippen LogP contribution in [-0.4, -0.2) is 23.3 Å². The molecule has 0 spiro atoms. The number of ether oxygens (including phenoxy) is 1. The molecule has 0 aliphatic carbocycles. The SMILES string of the molecule is Cl.O=C(O)C1CC2C=CC1O2. The van der Waals surface area contributed by atoms with Gasteiger partial charge in [0.2, 0.25) is 0 Å². The number of carboxylic acid groups (broad SMARTS) is 1. The molecular formula is C7H9ClO3. The molecule has 0 aromatic rings. The van der Waals surface area contributed by atoms with E-state index in [1.165, 1.54) is 0 Å². The first kappa shape index (κ1) is 8.56. The van der Waals surface area contributed by atoms with Crippen molar-refractivity contribution in [2.24, 2.45) is 5.92 Å². The minimum Gasteiger partial charge on any atom is -0.481 e. The summed E-state index contributed by atoms with van der Waals surface area (Å²) in [7, 11) is 0. The van der Waals surface area contributed by atoms with Crippen LogP contribution < -0.4 is 0 Å². The molecule has 2 aliphatic rings. The second-order valence-corrected chi connectivity index (χ2v) is 2.70. The number of fused-ring (bicyclic) bond motifs is 2. The quantitative estimate of drug-likeness (QED) is 0.603. The van der Waals surface area contributed by atoms with Gasteiger partial charge in [-0.25, -0.2) is 0 Å². The summed E-state index contributed by atoms with van der Waals surface area (Å²) >= 11 is 0. The summed E-state index contributed by atoms with van der Waals surface area (Å²) in [4.78, 5) is 10.5. The molecule has 4 heteroatoms. The average Bonchev–Trinajstić information content (AvgIpc) is 2.44. The molecule has 2 bridgehead atoms. The molecular weight excluding hydrogens is 168 g/mol. The van der Waals surface area contributed by atoms with E-state index >= 15 is 0 Å². The van der Waals surface area contributed by atoms with Crippen molar-refractivity contribution in [1.29, 1.82) is 0 Å². The lowest BCUT2D eigenvalue weighted by Gasteiger charge is -2.08. The first-order chi connectivity index (χ1) is 4.77. The highest BCUT2D eigenvalue weighted by Gasteiger charge is 2.40. The Hall–Kier alpha value is -0.540. The Morgan fingerprint density at radius 1 is 1.55 bits per heavy atom. The lowest BCUT2D eigenvalue weighted by atomic mass is 9.95. The Labute approximate surface area is 70.5 Å². The van der Waals surface area contributed by atoms with Gasteiger partial charge in [-0.15, -0.1) is 12.4 Å². The van der Waals surface area contributed by atoms with Crippen LogP contribution in [0.25, 0.3) is 0 Å². The number of hydrogen-bond acceptors (Lipinski definition) is 2. The number of carbonyl (C=O) groups is 1. The summed E-state index contributed by atoms with van der Waals surface area (Å²) in [6.45, 7) is 0. The second kappa shape index (κ2) is 2.83. The fourth-order valence-electron chi connectivity index (χ4n) is 1.51. The molecule has 1 fully saturated rings. The van der Waals surface area contributed by atoms with Gasteiger partial charge in [0.05, 0.1) is 18.1 Å². The largest absolute Gasteiger partial charge is 0.481 e. The van der Waals surface area contributed by atoms with Crippen LogP contribution in [0.1, 0.15) is 6.42 Å². The second-order valence-electron chi connectivity index (χ2n) is 2.70. The number of hydrogen-bond donors (Lipinski definition) is 1. The van der Waals surface area contributed by atoms with Crippen molar-refractivity contribution < 1.29 is 14.6 Å². The Kier molecular flexibility index (Phi) is 2.20. The molecule has 2 heterocycles. The number of carboxylic acids is 1. The van der Waals surface area contributed by atoms with Gasteiger partial charge in [0, 0.05) is 0 Å². The zero-order chi connectivity index (χ0) is 7.14. The van der Waals surface area contributed by atoms with E-state index < -0.39 is 5.97 Å². The van der Waals surface area contributed by atoms with Crippen LogP contribution in [-0.2, 0) is 9.53 Å². The Morgan fingerprint density at radius 2 is 2.27 bits per heavy atom. The van der Waals surface area contributed by atoms with Crippen molar-refractivity contribution in [3.63, 3.8) is 0 Å². The maximum absolute atomic E-state index is 10.5. The molecule has 1 saturated heterocycles. The van der Waals surface area contributed by atoms with Gasteiger partial charge in [-0.2, -0.15) is 0 Å². The van der Waals surface area contributed by atoms with E-state index in [0.29, 0.717) is 6.42 Å². The summed E-state index contributed by atoms with van der Waals surface area (Å²) in [6.07, 6.45) is 4.35. The normalized spacial score (nSPS) is 38.7. The minimum absolute atomic E-state index is 0. The van der Waals surface area contributed by atoms with E-state index in [-0.39, 0.29) is 30.5 Å². The van der Waals surface area contributed by atoms with Crippen LogP contribution >= 0.6 is 12.4 Å². The van der Waals surface area contributed by atoms with Gasteiger partial charge in [0.25, 0.3) is 0 Å². The van der Waals surface area contributed by atoms with Crippen molar-refractivity contribution in [1.82, 2.24) is 0 Å². The molecule has 0 aromatic carbocycles. The molecule has 0 radical (unpaired) electrons. The molecule has 62 valence electrons. The molecule has 0 saturated carbocycles. The van der Waals surface area contributed by atoms with Crippen molar-refractivity contribution in [2.45, 2.75) is 18.6 Å². The fraction of sp³-hybridized carbons (Fsp3) is 0.571. The predicted molar refractivity (Wildman–Crippen MR) is 40.8 cm³/mol. The highest BCUT2D eigenvalue weighted by Crippen LogP contribution is 2.33. The van der Waals surface area contributed by atoms with Crippen molar-refractivity contribution in [3.05, 3.63) is 12.2 Å². The highest BCUT2D eigenvalue weighted by molar-refractivity contribution is 5.85.